The molecule has 0 aliphatic carbocycles. The molecule has 3 aromatic rings. The number of carbonyl (C=O) groups excluding carboxylic acids is 2. The lowest BCUT2D eigenvalue weighted by molar-refractivity contribution is 0.102. The molecule has 0 radical (unpaired) electrons. The summed E-state index contributed by atoms with van der Waals surface area (Å²) in [6, 6.07) is 15.6. The smallest absolute Gasteiger partial charge is 0.257 e. The molecule has 0 saturated heterocycles. The molecule has 2 aromatic carbocycles. The highest BCUT2D eigenvalue weighted by atomic mass is 16.5. The normalized spacial score (nSPS) is 10.1. The van der Waals surface area contributed by atoms with E-state index in [0.717, 1.165) is 0 Å². The van der Waals surface area contributed by atoms with Crippen molar-refractivity contribution >= 4 is 23.2 Å². The molecule has 1 aromatic heterocycles. The largest absolute Gasteiger partial charge is 0.497 e. The van der Waals surface area contributed by atoms with Crippen LogP contribution < -0.4 is 20.1 Å². The van der Waals surface area contributed by atoms with Crippen molar-refractivity contribution < 1.29 is 19.1 Å². The van der Waals surface area contributed by atoms with Crippen molar-refractivity contribution in [3.05, 3.63) is 78.1 Å². The van der Waals surface area contributed by atoms with Crippen molar-refractivity contribution in [1.82, 2.24) is 4.98 Å². The Kier molecular flexibility index (Phi) is 6.42. The zero-order chi connectivity index (χ0) is 20.6. The highest BCUT2D eigenvalue weighted by Gasteiger charge is 2.13. The lowest BCUT2D eigenvalue weighted by Gasteiger charge is -2.11. The number of methoxy groups -OCH3 is 1. The maximum absolute atomic E-state index is 12.6. The molecule has 0 spiro atoms. The average molecular weight is 391 g/mol. The van der Waals surface area contributed by atoms with Crippen LogP contribution in [0.15, 0.2) is 67.0 Å². The lowest BCUT2D eigenvalue weighted by Crippen LogP contribution is -2.16. The first-order valence-electron chi connectivity index (χ1n) is 9.04. The lowest BCUT2D eigenvalue weighted by atomic mass is 10.1. The number of anilines is 2. The molecule has 0 unspecified atom stereocenters. The quantitative estimate of drug-likeness (QED) is 0.636. The number of pyridine rings is 1. The summed E-state index contributed by atoms with van der Waals surface area (Å²) in [5, 5.41) is 5.56. The molecule has 148 valence electrons. The summed E-state index contributed by atoms with van der Waals surface area (Å²) in [4.78, 5) is 29.2. The van der Waals surface area contributed by atoms with E-state index in [9.17, 15) is 9.59 Å². The van der Waals surface area contributed by atoms with Gasteiger partial charge in [-0.1, -0.05) is 12.1 Å². The van der Waals surface area contributed by atoms with Gasteiger partial charge in [0, 0.05) is 18.1 Å². The molecule has 2 N–H and O–H groups in total. The van der Waals surface area contributed by atoms with Gasteiger partial charge in [-0.25, -0.2) is 0 Å². The Balaban J connectivity index is 1.73. The predicted molar refractivity (Wildman–Crippen MR) is 111 cm³/mol. The van der Waals surface area contributed by atoms with E-state index in [4.69, 9.17) is 9.47 Å². The van der Waals surface area contributed by atoms with Gasteiger partial charge in [0.1, 0.15) is 11.5 Å². The molecule has 0 fully saturated rings. The Labute approximate surface area is 168 Å². The summed E-state index contributed by atoms with van der Waals surface area (Å²) in [5.74, 6) is 0.510. The molecule has 1 heterocycles. The second kappa shape index (κ2) is 9.36. The van der Waals surface area contributed by atoms with Gasteiger partial charge in [-0.2, -0.15) is 0 Å². The molecule has 29 heavy (non-hydrogen) atoms. The minimum Gasteiger partial charge on any atom is -0.497 e. The molecule has 2 amide bonds. The average Bonchev–Trinajstić information content (AvgIpc) is 2.76. The zero-order valence-corrected chi connectivity index (χ0v) is 16.1. The topological polar surface area (TPSA) is 89.5 Å². The number of para-hydroxylation sites is 2. The highest BCUT2D eigenvalue weighted by Crippen LogP contribution is 2.24. The first-order chi connectivity index (χ1) is 14.1. The van der Waals surface area contributed by atoms with Crippen LogP contribution >= 0.6 is 0 Å². The van der Waals surface area contributed by atoms with Gasteiger partial charge >= 0.3 is 0 Å². The van der Waals surface area contributed by atoms with Crippen LogP contribution in [0.3, 0.4) is 0 Å². The van der Waals surface area contributed by atoms with Gasteiger partial charge in [-0.3, -0.25) is 14.6 Å². The molecule has 7 nitrogen and oxygen atoms in total. The van der Waals surface area contributed by atoms with Crippen molar-refractivity contribution in [2.45, 2.75) is 6.92 Å². The first kappa shape index (κ1) is 19.9. The van der Waals surface area contributed by atoms with Crippen molar-refractivity contribution in [2.75, 3.05) is 24.4 Å². The molecule has 0 bridgehead atoms. The second-order valence-electron chi connectivity index (χ2n) is 6.03. The van der Waals surface area contributed by atoms with Crippen LogP contribution in [0.25, 0.3) is 0 Å². The molecule has 0 aliphatic rings. The molecule has 0 atom stereocenters. The molecule has 0 aliphatic heterocycles. The minimum atomic E-state index is -0.385. The fourth-order valence-corrected chi connectivity index (χ4v) is 2.61. The third kappa shape index (κ3) is 5.10. The van der Waals surface area contributed by atoms with Crippen LogP contribution in [0, 0.1) is 0 Å². The van der Waals surface area contributed by atoms with E-state index in [1.807, 2.05) is 13.0 Å². The fourth-order valence-electron chi connectivity index (χ4n) is 2.61. The summed E-state index contributed by atoms with van der Waals surface area (Å²) in [5.41, 5.74) is 1.69. The molecule has 0 saturated carbocycles. The number of benzene rings is 2. The van der Waals surface area contributed by atoms with Crippen LogP contribution in [0.1, 0.15) is 27.6 Å². The van der Waals surface area contributed by atoms with Gasteiger partial charge in [0.25, 0.3) is 11.8 Å². The number of aromatic nitrogens is 1. The van der Waals surface area contributed by atoms with Crippen molar-refractivity contribution in [1.29, 1.82) is 0 Å². The van der Waals surface area contributed by atoms with Crippen LogP contribution in [0.2, 0.25) is 0 Å². The Morgan fingerprint density at radius 2 is 1.59 bits per heavy atom. The summed E-state index contributed by atoms with van der Waals surface area (Å²) in [6.45, 7) is 2.35. The third-order valence-corrected chi connectivity index (χ3v) is 4.05. The molecular weight excluding hydrogens is 370 g/mol. The number of rotatable bonds is 7. The molecule has 7 heteroatoms. The van der Waals surface area contributed by atoms with Gasteiger partial charge < -0.3 is 20.1 Å². The van der Waals surface area contributed by atoms with E-state index in [1.165, 1.54) is 18.5 Å². The number of carbonyl (C=O) groups is 2. The van der Waals surface area contributed by atoms with Gasteiger partial charge in [0.05, 0.1) is 30.5 Å². The van der Waals surface area contributed by atoms with Gasteiger partial charge in [-0.05, 0) is 49.4 Å². The SMILES string of the molecule is CCOc1ccccc1NC(=O)c1cncc(C(=O)Nc2ccc(OC)cc2)c1. The monoisotopic (exact) mass is 391 g/mol. The van der Waals surface area contributed by atoms with Gasteiger partial charge in [0.2, 0.25) is 0 Å². The van der Waals surface area contributed by atoms with Gasteiger partial charge in [0.15, 0.2) is 0 Å². The zero-order valence-electron chi connectivity index (χ0n) is 16.1. The predicted octanol–water partition coefficient (Wildman–Crippen LogP) is 3.99. The van der Waals surface area contributed by atoms with Crippen LogP contribution in [-0.4, -0.2) is 30.5 Å². The van der Waals surface area contributed by atoms with E-state index in [2.05, 4.69) is 15.6 Å². The van der Waals surface area contributed by atoms with Crippen LogP contribution in [-0.2, 0) is 0 Å². The summed E-state index contributed by atoms with van der Waals surface area (Å²) >= 11 is 0. The second-order valence-corrected chi connectivity index (χ2v) is 6.03. The standard InChI is InChI=1S/C22H21N3O4/c1-3-29-20-7-5-4-6-19(20)25-22(27)16-12-15(13-23-14-16)21(26)24-17-8-10-18(28-2)11-9-17/h4-14H,3H2,1-2H3,(H,24,26)(H,25,27). The Bertz CT molecular complexity index is 1000. The Hall–Kier alpha value is -3.87. The van der Waals surface area contributed by atoms with Crippen molar-refractivity contribution in [3.8, 4) is 11.5 Å². The highest BCUT2D eigenvalue weighted by molar-refractivity contribution is 6.08. The number of amides is 2. The van der Waals surface area contributed by atoms with Crippen LogP contribution in [0.4, 0.5) is 11.4 Å². The van der Waals surface area contributed by atoms with Crippen molar-refractivity contribution in [3.63, 3.8) is 0 Å². The maximum atomic E-state index is 12.6. The minimum absolute atomic E-state index is 0.263. The molecular formula is C22H21N3O4. The maximum Gasteiger partial charge on any atom is 0.257 e. The fraction of sp³-hybridized carbons (Fsp3) is 0.136. The summed E-state index contributed by atoms with van der Waals surface area (Å²) in [7, 11) is 1.57. The third-order valence-electron chi connectivity index (χ3n) is 4.05. The summed E-state index contributed by atoms with van der Waals surface area (Å²) in [6.07, 6.45) is 2.81. The van der Waals surface area contributed by atoms with E-state index in [1.54, 1.807) is 49.6 Å². The number of hydrogen-bond donors (Lipinski definition) is 2. The van der Waals surface area contributed by atoms with Crippen molar-refractivity contribution in [2.24, 2.45) is 0 Å². The van der Waals surface area contributed by atoms with E-state index in [0.29, 0.717) is 29.5 Å². The van der Waals surface area contributed by atoms with Gasteiger partial charge in [-0.15, -0.1) is 0 Å². The number of hydrogen-bond acceptors (Lipinski definition) is 5. The Morgan fingerprint density at radius 1 is 0.931 bits per heavy atom. The van der Waals surface area contributed by atoms with Crippen LogP contribution in [0.5, 0.6) is 11.5 Å². The Morgan fingerprint density at radius 3 is 2.24 bits per heavy atom. The van der Waals surface area contributed by atoms with E-state index in [-0.39, 0.29) is 22.9 Å². The number of nitrogens with one attached hydrogen (secondary N) is 2. The number of nitrogens with zero attached hydrogens (tertiary/aromatic N) is 1. The summed E-state index contributed by atoms with van der Waals surface area (Å²) < 4.78 is 10.6. The molecule has 3 rings (SSSR count). The first-order valence-corrected chi connectivity index (χ1v) is 9.04. The number of ether oxygens (including phenoxy) is 2. The van der Waals surface area contributed by atoms with E-state index >= 15 is 0 Å². The van der Waals surface area contributed by atoms with E-state index < -0.39 is 0 Å².